The van der Waals surface area contributed by atoms with Crippen LogP contribution in [-0.4, -0.2) is 27.9 Å². The van der Waals surface area contributed by atoms with Crippen molar-refractivity contribution < 1.29 is 19.4 Å². The second-order valence-electron chi connectivity index (χ2n) is 10.8. The molecule has 0 aliphatic carbocycles. The maximum atomic E-state index is 11.4. The highest BCUT2D eigenvalue weighted by Crippen LogP contribution is 2.44. The maximum absolute atomic E-state index is 11.4. The van der Waals surface area contributed by atoms with E-state index in [1.807, 2.05) is 60.7 Å². The largest absolute Gasteiger partial charge is 0.392 e. The van der Waals surface area contributed by atoms with Crippen LogP contribution in [0, 0.1) is 5.92 Å². The van der Waals surface area contributed by atoms with Gasteiger partial charge in [-0.2, -0.15) is 0 Å². The van der Waals surface area contributed by atoms with E-state index in [0.29, 0.717) is 6.54 Å². The van der Waals surface area contributed by atoms with Crippen LogP contribution in [0.1, 0.15) is 48.5 Å². The first-order valence-corrected chi connectivity index (χ1v) is 16.2. The third kappa shape index (κ3) is 7.00. The van der Waals surface area contributed by atoms with Gasteiger partial charge in [-0.1, -0.05) is 91.5 Å². The predicted molar refractivity (Wildman–Crippen MR) is 173 cm³/mol. The molecule has 4 aromatic carbocycles. The van der Waals surface area contributed by atoms with Crippen molar-refractivity contribution in [1.29, 1.82) is 0 Å². The lowest BCUT2D eigenvalue weighted by atomic mass is 9.91. The molecule has 4 unspecified atom stereocenters. The summed E-state index contributed by atoms with van der Waals surface area (Å²) in [5.41, 5.74) is 7.06. The number of amides is 1. The number of ether oxygens (including phenoxy) is 2. The fraction of sp³-hybridized carbons (Fsp3) is 0.257. The van der Waals surface area contributed by atoms with Crippen molar-refractivity contribution in [3.63, 3.8) is 0 Å². The van der Waals surface area contributed by atoms with Gasteiger partial charge in [0.05, 0.1) is 29.0 Å². The molecule has 1 saturated heterocycles. The molecule has 2 heterocycles. The minimum Gasteiger partial charge on any atom is -0.392 e. The number of aliphatic hydroxyl groups is 1. The van der Waals surface area contributed by atoms with Crippen molar-refractivity contribution in [3.05, 3.63) is 119 Å². The van der Waals surface area contributed by atoms with Gasteiger partial charge in [-0.3, -0.25) is 4.79 Å². The molecule has 43 heavy (non-hydrogen) atoms. The highest BCUT2D eigenvalue weighted by Gasteiger charge is 2.38. The lowest BCUT2D eigenvalue weighted by molar-refractivity contribution is -0.268. The number of thiazole rings is 1. The summed E-state index contributed by atoms with van der Waals surface area (Å²) in [6.07, 6.45) is -0.817. The number of para-hydroxylation sites is 1. The van der Waals surface area contributed by atoms with Crippen LogP contribution < -0.4 is 5.32 Å². The molecule has 0 radical (unpaired) electrons. The zero-order valence-corrected chi connectivity index (χ0v) is 25.7. The summed E-state index contributed by atoms with van der Waals surface area (Å²) in [7, 11) is 0. The van der Waals surface area contributed by atoms with E-state index >= 15 is 0 Å². The Morgan fingerprint density at radius 1 is 0.907 bits per heavy atom. The third-order valence-electron chi connectivity index (χ3n) is 7.73. The minimum absolute atomic E-state index is 0.00727. The molecule has 2 N–H and O–H groups in total. The Balaban J connectivity index is 1.27. The fourth-order valence-corrected chi connectivity index (χ4v) is 7.59. The van der Waals surface area contributed by atoms with E-state index < -0.39 is 6.29 Å². The highest BCUT2D eigenvalue weighted by atomic mass is 32.2. The Kier molecular flexibility index (Phi) is 9.21. The summed E-state index contributed by atoms with van der Waals surface area (Å²) in [5.74, 6) is 0.785. The quantitative estimate of drug-likeness (QED) is 0.167. The van der Waals surface area contributed by atoms with Crippen LogP contribution in [0.4, 0.5) is 0 Å². The SMILES string of the molecule is CC(=O)NCc1cccc(-c2cccc(C3OC(CSc4nc5ccccc5s4)C(C)C(c4ccc(CO)cc4)O3)c2)c1. The van der Waals surface area contributed by atoms with E-state index in [9.17, 15) is 9.90 Å². The molecular weight excluding hydrogens is 577 g/mol. The standard InChI is InChI=1S/C35H34N2O4S2/c1-22-31(21-42-35-37-30-11-3-4-12-32(30)43-35)40-34(41-33(22)26-15-13-24(20-38)14-16-26)29-10-6-9-28(18-29)27-8-5-7-25(17-27)19-36-23(2)39/h3-18,22,31,33-34,38H,19-21H2,1-2H3,(H,36,39). The Bertz CT molecular complexity index is 1670. The van der Waals surface area contributed by atoms with Gasteiger partial charge in [0, 0.05) is 30.7 Å². The number of carbonyl (C=O) groups excluding carboxylic acids is 1. The first-order chi connectivity index (χ1) is 21.0. The molecule has 6 rings (SSSR count). The number of aromatic nitrogens is 1. The first kappa shape index (κ1) is 29.5. The van der Waals surface area contributed by atoms with Crippen molar-refractivity contribution in [1.82, 2.24) is 10.3 Å². The van der Waals surface area contributed by atoms with Crippen LogP contribution >= 0.6 is 23.1 Å². The molecule has 5 aromatic rings. The number of hydrogen-bond acceptors (Lipinski definition) is 7. The summed E-state index contributed by atoms with van der Waals surface area (Å²) in [6, 6.07) is 32.7. The molecule has 8 heteroatoms. The molecule has 1 fully saturated rings. The van der Waals surface area contributed by atoms with Crippen LogP contribution in [0.15, 0.2) is 101 Å². The summed E-state index contributed by atoms with van der Waals surface area (Å²) >= 11 is 3.44. The number of benzene rings is 4. The van der Waals surface area contributed by atoms with Gasteiger partial charge in [-0.25, -0.2) is 4.98 Å². The Morgan fingerprint density at radius 2 is 1.67 bits per heavy atom. The summed E-state index contributed by atoms with van der Waals surface area (Å²) in [5, 5.41) is 12.4. The molecule has 0 saturated carbocycles. The molecule has 1 amide bonds. The highest BCUT2D eigenvalue weighted by molar-refractivity contribution is 8.01. The molecule has 6 nitrogen and oxygen atoms in total. The lowest BCUT2D eigenvalue weighted by Crippen LogP contribution is -2.38. The van der Waals surface area contributed by atoms with E-state index in [4.69, 9.17) is 14.5 Å². The number of aliphatic hydroxyl groups excluding tert-OH is 1. The number of carbonyl (C=O) groups is 1. The maximum Gasteiger partial charge on any atom is 0.217 e. The average molecular weight is 611 g/mol. The van der Waals surface area contributed by atoms with Crippen molar-refractivity contribution in [2.45, 2.75) is 49.8 Å². The lowest BCUT2D eigenvalue weighted by Gasteiger charge is -2.41. The second kappa shape index (κ2) is 13.4. The zero-order chi connectivity index (χ0) is 29.8. The van der Waals surface area contributed by atoms with Crippen molar-refractivity contribution >= 4 is 39.2 Å². The topological polar surface area (TPSA) is 80.7 Å². The summed E-state index contributed by atoms with van der Waals surface area (Å²) in [4.78, 5) is 16.2. The van der Waals surface area contributed by atoms with Gasteiger partial charge in [-0.05, 0) is 52.1 Å². The van der Waals surface area contributed by atoms with Crippen molar-refractivity contribution in [2.75, 3.05) is 5.75 Å². The number of thioether (sulfide) groups is 1. The molecule has 1 aliphatic heterocycles. The number of fused-ring (bicyclic) bond motifs is 1. The molecule has 220 valence electrons. The number of hydrogen-bond donors (Lipinski definition) is 2. The molecule has 0 spiro atoms. The number of nitrogens with one attached hydrogen (secondary N) is 1. The van der Waals surface area contributed by atoms with Gasteiger partial charge in [-0.15, -0.1) is 11.3 Å². The molecule has 0 bridgehead atoms. The van der Waals surface area contributed by atoms with Gasteiger partial charge >= 0.3 is 0 Å². The van der Waals surface area contributed by atoms with Crippen LogP contribution in [0.2, 0.25) is 0 Å². The number of rotatable bonds is 9. The molecule has 1 aliphatic rings. The van der Waals surface area contributed by atoms with Gasteiger partial charge < -0.3 is 19.9 Å². The molecular formula is C35H34N2O4S2. The monoisotopic (exact) mass is 610 g/mol. The first-order valence-electron chi connectivity index (χ1n) is 14.4. The van der Waals surface area contributed by atoms with E-state index in [-0.39, 0.29) is 30.6 Å². The van der Waals surface area contributed by atoms with Crippen LogP contribution in [-0.2, 0) is 27.4 Å². The predicted octanol–water partition coefficient (Wildman–Crippen LogP) is 7.68. The Labute approximate surface area is 260 Å². The molecule has 1 aromatic heterocycles. The Hall–Kier alpha value is -3.53. The fourth-order valence-electron chi connectivity index (χ4n) is 5.33. The van der Waals surface area contributed by atoms with Gasteiger partial charge in [0.15, 0.2) is 10.6 Å². The van der Waals surface area contributed by atoms with Gasteiger partial charge in [0.25, 0.3) is 0 Å². The van der Waals surface area contributed by atoms with Crippen LogP contribution in [0.3, 0.4) is 0 Å². The minimum atomic E-state index is -0.554. The molecule has 4 atom stereocenters. The third-order valence-corrected chi connectivity index (χ3v) is 10.00. The van der Waals surface area contributed by atoms with Gasteiger partial charge in [0.2, 0.25) is 5.91 Å². The summed E-state index contributed by atoms with van der Waals surface area (Å²) in [6.45, 7) is 4.20. The average Bonchev–Trinajstić information content (AvgIpc) is 3.47. The van der Waals surface area contributed by atoms with Crippen LogP contribution in [0.25, 0.3) is 21.3 Å². The smallest absolute Gasteiger partial charge is 0.217 e. The van der Waals surface area contributed by atoms with Gasteiger partial charge in [0.1, 0.15) is 0 Å². The van der Waals surface area contributed by atoms with E-state index in [1.54, 1.807) is 23.1 Å². The summed E-state index contributed by atoms with van der Waals surface area (Å²) < 4.78 is 15.6. The second-order valence-corrected chi connectivity index (χ2v) is 13.1. The van der Waals surface area contributed by atoms with Crippen molar-refractivity contribution in [3.8, 4) is 11.1 Å². The van der Waals surface area contributed by atoms with E-state index in [1.165, 1.54) is 11.6 Å². The number of nitrogens with zero attached hydrogens (tertiary/aromatic N) is 1. The van der Waals surface area contributed by atoms with E-state index in [2.05, 4.69) is 48.6 Å². The Morgan fingerprint density at radius 3 is 2.44 bits per heavy atom. The van der Waals surface area contributed by atoms with Crippen molar-refractivity contribution in [2.24, 2.45) is 5.92 Å². The zero-order valence-electron chi connectivity index (χ0n) is 24.1. The normalized spacial score (nSPS) is 20.3. The van der Waals surface area contributed by atoms with Crippen LogP contribution in [0.5, 0.6) is 0 Å². The van der Waals surface area contributed by atoms with E-state index in [0.717, 1.165) is 49.0 Å².